The van der Waals surface area contributed by atoms with Crippen LogP contribution in [0.4, 0.5) is 0 Å². The summed E-state index contributed by atoms with van der Waals surface area (Å²) >= 11 is 0. The van der Waals surface area contributed by atoms with E-state index in [4.69, 9.17) is 0 Å². The molecule has 0 aliphatic heterocycles. The third-order valence-corrected chi connectivity index (χ3v) is 1.73. The first kappa shape index (κ1) is 9.78. The highest BCUT2D eigenvalue weighted by atomic mass is 15.2. The van der Waals surface area contributed by atoms with Gasteiger partial charge in [0.25, 0.3) is 0 Å². The molecule has 2 heterocycles. The minimum Gasteiger partial charge on any atom is -0.241 e. The topological polar surface area (TPSA) is 17.3 Å². The molecule has 0 aliphatic carbocycles. The lowest BCUT2D eigenvalue weighted by Crippen LogP contribution is -1.88. The van der Waals surface area contributed by atoms with Crippen LogP contribution in [0, 0.1) is 13.8 Å². The average Bonchev–Trinajstić information content (AvgIpc) is 2.48. The van der Waals surface area contributed by atoms with Gasteiger partial charge in [-0.15, -0.1) is 0 Å². The minimum atomic E-state index is 1.17. The summed E-state index contributed by atoms with van der Waals surface area (Å²) in [6, 6.07) is 4.25. The van der Waals surface area contributed by atoms with Crippen molar-refractivity contribution in [2.45, 2.75) is 27.7 Å². The molecule has 0 N–H and O–H groups in total. The Labute approximate surface area is 79.2 Å². The molecule has 0 aliphatic rings. The molecule has 2 aromatic heterocycles. The summed E-state index contributed by atoms with van der Waals surface area (Å²) in [6.07, 6.45) is 3.89. The molecule has 0 saturated heterocycles. The molecule has 0 aromatic carbocycles. The highest BCUT2D eigenvalue weighted by Crippen LogP contribution is 2.08. The van der Waals surface area contributed by atoms with Gasteiger partial charge < -0.3 is 0 Å². The molecule has 0 fully saturated rings. The first-order chi connectivity index (χ1) is 6.25. The second-order valence-electron chi connectivity index (χ2n) is 2.92. The number of hydrogen-bond acceptors (Lipinski definition) is 1. The van der Waals surface area contributed by atoms with Gasteiger partial charge in [-0.25, -0.2) is 4.52 Å². The molecule has 2 rings (SSSR count). The van der Waals surface area contributed by atoms with Crippen LogP contribution in [0.15, 0.2) is 24.5 Å². The second kappa shape index (κ2) is 4.08. The van der Waals surface area contributed by atoms with Gasteiger partial charge >= 0.3 is 0 Å². The monoisotopic (exact) mass is 176 g/mol. The van der Waals surface area contributed by atoms with Crippen LogP contribution in [0.25, 0.3) is 5.52 Å². The lowest BCUT2D eigenvalue weighted by molar-refractivity contribution is 0.929. The molecule has 0 bridgehead atoms. The molecular formula is C11H16N2. The number of fused-ring (bicyclic) bond motifs is 1. The van der Waals surface area contributed by atoms with Gasteiger partial charge in [0, 0.05) is 6.20 Å². The van der Waals surface area contributed by atoms with E-state index in [2.05, 4.69) is 31.1 Å². The fraction of sp³-hybridized carbons (Fsp3) is 0.364. The molecule has 0 amide bonds. The highest BCUT2D eigenvalue weighted by Gasteiger charge is 1.94. The van der Waals surface area contributed by atoms with Gasteiger partial charge in [0.1, 0.15) is 0 Å². The first-order valence-electron chi connectivity index (χ1n) is 4.67. The third kappa shape index (κ3) is 2.08. The zero-order valence-corrected chi connectivity index (χ0v) is 8.70. The molecule has 70 valence electrons. The van der Waals surface area contributed by atoms with Crippen LogP contribution in [-0.4, -0.2) is 9.61 Å². The Balaban J connectivity index is 0.000000396. The second-order valence-corrected chi connectivity index (χ2v) is 2.92. The SMILES string of the molecule is CC.Cc1cnn2cc(C)cc2c1. The summed E-state index contributed by atoms with van der Waals surface area (Å²) in [5.74, 6) is 0. The molecule has 0 radical (unpaired) electrons. The van der Waals surface area contributed by atoms with E-state index < -0.39 is 0 Å². The van der Waals surface area contributed by atoms with Crippen molar-refractivity contribution in [1.29, 1.82) is 0 Å². The molecule has 13 heavy (non-hydrogen) atoms. The van der Waals surface area contributed by atoms with Gasteiger partial charge in [-0.3, -0.25) is 0 Å². The predicted molar refractivity (Wildman–Crippen MR) is 56.0 cm³/mol. The molecule has 2 aromatic rings. The van der Waals surface area contributed by atoms with Crippen LogP contribution < -0.4 is 0 Å². The van der Waals surface area contributed by atoms with Gasteiger partial charge in [-0.05, 0) is 37.1 Å². The summed E-state index contributed by atoms with van der Waals surface area (Å²) in [4.78, 5) is 0. The Morgan fingerprint density at radius 1 is 1.08 bits per heavy atom. The smallest absolute Gasteiger partial charge is 0.0652 e. The normalized spacial score (nSPS) is 9.54. The maximum Gasteiger partial charge on any atom is 0.0652 e. The van der Waals surface area contributed by atoms with Crippen molar-refractivity contribution in [3.63, 3.8) is 0 Å². The summed E-state index contributed by atoms with van der Waals surface area (Å²) in [5.41, 5.74) is 3.63. The van der Waals surface area contributed by atoms with E-state index in [9.17, 15) is 0 Å². The van der Waals surface area contributed by atoms with Crippen LogP contribution in [-0.2, 0) is 0 Å². The number of hydrogen-bond donors (Lipinski definition) is 0. The van der Waals surface area contributed by atoms with E-state index in [0.717, 1.165) is 0 Å². The molecule has 0 spiro atoms. The Morgan fingerprint density at radius 3 is 2.38 bits per heavy atom. The fourth-order valence-electron chi connectivity index (χ4n) is 1.24. The van der Waals surface area contributed by atoms with Crippen LogP contribution >= 0.6 is 0 Å². The zero-order valence-electron chi connectivity index (χ0n) is 8.70. The summed E-state index contributed by atoms with van der Waals surface area (Å²) in [6.45, 7) is 8.12. The predicted octanol–water partition coefficient (Wildman–Crippen LogP) is 2.98. The third-order valence-electron chi connectivity index (χ3n) is 1.73. The van der Waals surface area contributed by atoms with Crippen molar-refractivity contribution in [2.24, 2.45) is 0 Å². The lowest BCUT2D eigenvalue weighted by atomic mass is 10.3. The van der Waals surface area contributed by atoms with E-state index in [-0.39, 0.29) is 0 Å². The van der Waals surface area contributed by atoms with E-state index in [1.54, 1.807) is 0 Å². The number of aryl methyl sites for hydroxylation is 2. The largest absolute Gasteiger partial charge is 0.241 e. The average molecular weight is 176 g/mol. The quantitative estimate of drug-likeness (QED) is 0.603. The Bertz CT molecular complexity index is 388. The minimum absolute atomic E-state index is 1.17. The number of aromatic nitrogens is 2. The van der Waals surface area contributed by atoms with Gasteiger partial charge in [-0.1, -0.05) is 13.8 Å². The van der Waals surface area contributed by atoms with E-state index in [0.29, 0.717) is 0 Å². The van der Waals surface area contributed by atoms with Crippen LogP contribution in [0.3, 0.4) is 0 Å². The van der Waals surface area contributed by atoms with Crippen LogP contribution in [0.2, 0.25) is 0 Å². The van der Waals surface area contributed by atoms with Crippen molar-refractivity contribution >= 4 is 5.52 Å². The van der Waals surface area contributed by atoms with Crippen LogP contribution in [0.1, 0.15) is 25.0 Å². The van der Waals surface area contributed by atoms with Crippen molar-refractivity contribution in [3.8, 4) is 0 Å². The summed E-state index contributed by atoms with van der Waals surface area (Å²) in [7, 11) is 0. The molecule has 0 unspecified atom stereocenters. The molecule has 0 atom stereocenters. The van der Waals surface area contributed by atoms with Crippen molar-refractivity contribution in [3.05, 3.63) is 35.7 Å². The van der Waals surface area contributed by atoms with Gasteiger partial charge in [0.15, 0.2) is 0 Å². The molecule has 0 saturated carbocycles. The molecule has 2 nitrogen and oxygen atoms in total. The van der Waals surface area contributed by atoms with E-state index in [1.807, 2.05) is 30.8 Å². The van der Waals surface area contributed by atoms with Gasteiger partial charge in [0.05, 0.1) is 11.7 Å². The van der Waals surface area contributed by atoms with Crippen molar-refractivity contribution in [2.75, 3.05) is 0 Å². The number of rotatable bonds is 0. The lowest BCUT2D eigenvalue weighted by Gasteiger charge is -1.92. The number of nitrogens with zero attached hydrogens (tertiary/aromatic N) is 2. The summed E-state index contributed by atoms with van der Waals surface area (Å²) < 4.78 is 1.89. The Morgan fingerprint density at radius 2 is 1.69 bits per heavy atom. The fourth-order valence-corrected chi connectivity index (χ4v) is 1.24. The molecular weight excluding hydrogens is 160 g/mol. The van der Waals surface area contributed by atoms with Gasteiger partial charge in [0.2, 0.25) is 0 Å². The maximum absolute atomic E-state index is 4.22. The maximum atomic E-state index is 4.22. The van der Waals surface area contributed by atoms with Crippen molar-refractivity contribution in [1.82, 2.24) is 9.61 Å². The Hall–Kier alpha value is -1.31. The van der Waals surface area contributed by atoms with E-state index >= 15 is 0 Å². The molecule has 2 heteroatoms. The van der Waals surface area contributed by atoms with E-state index in [1.165, 1.54) is 16.6 Å². The first-order valence-corrected chi connectivity index (χ1v) is 4.67. The highest BCUT2D eigenvalue weighted by molar-refractivity contribution is 5.50. The van der Waals surface area contributed by atoms with Gasteiger partial charge in [-0.2, -0.15) is 5.10 Å². The Kier molecular flexibility index (Phi) is 3.07. The van der Waals surface area contributed by atoms with Crippen LogP contribution in [0.5, 0.6) is 0 Å². The standard InChI is InChI=1S/C9H10N2.C2H6/c1-7-3-9-4-8(2)6-11(9)10-5-7;1-2/h3-6H,1-2H3;1-2H3. The van der Waals surface area contributed by atoms with Crippen molar-refractivity contribution < 1.29 is 0 Å². The zero-order chi connectivity index (χ0) is 9.84. The summed E-state index contributed by atoms with van der Waals surface area (Å²) in [5, 5.41) is 4.22.